The van der Waals surface area contributed by atoms with Crippen LogP contribution in [0.2, 0.25) is 0 Å². The molecule has 1 amide bonds. The molecule has 3 fully saturated rings. The summed E-state index contributed by atoms with van der Waals surface area (Å²) < 4.78 is 6.09. The van der Waals surface area contributed by atoms with Crippen LogP contribution in [0.3, 0.4) is 0 Å². The minimum atomic E-state index is 0.0342. The van der Waals surface area contributed by atoms with Crippen LogP contribution in [0.25, 0.3) is 0 Å². The molecular weight excluding hydrogens is 302 g/mol. The van der Waals surface area contributed by atoms with Gasteiger partial charge in [-0.25, -0.2) is 0 Å². The van der Waals surface area contributed by atoms with E-state index in [4.69, 9.17) is 4.74 Å². The number of pyridine rings is 1. The molecule has 130 valence electrons. The molecule has 1 aliphatic carbocycles. The lowest BCUT2D eigenvalue weighted by atomic mass is 9.84. The van der Waals surface area contributed by atoms with E-state index in [0.29, 0.717) is 19.7 Å². The summed E-state index contributed by atoms with van der Waals surface area (Å²) in [6.45, 7) is 5.17. The van der Waals surface area contributed by atoms with Crippen LogP contribution in [-0.2, 0) is 16.1 Å². The van der Waals surface area contributed by atoms with E-state index in [1.165, 1.54) is 25.8 Å². The fourth-order valence-electron chi connectivity index (χ4n) is 4.16. The van der Waals surface area contributed by atoms with E-state index in [-0.39, 0.29) is 17.9 Å². The summed E-state index contributed by atoms with van der Waals surface area (Å²) in [4.78, 5) is 21.5. The highest BCUT2D eigenvalue weighted by atomic mass is 16.5. The highest BCUT2D eigenvalue weighted by Gasteiger charge is 2.39. The first-order valence-corrected chi connectivity index (χ1v) is 9.31. The Hall–Kier alpha value is -1.46. The number of piperidine rings is 1. The number of hydrogen-bond acceptors (Lipinski definition) is 4. The molecule has 0 unspecified atom stereocenters. The Balaban J connectivity index is 1.38. The monoisotopic (exact) mass is 329 g/mol. The van der Waals surface area contributed by atoms with Crippen molar-refractivity contribution in [2.75, 3.05) is 32.8 Å². The zero-order chi connectivity index (χ0) is 16.4. The topological polar surface area (TPSA) is 45.7 Å². The van der Waals surface area contributed by atoms with Crippen molar-refractivity contribution in [1.29, 1.82) is 0 Å². The van der Waals surface area contributed by atoms with Crippen LogP contribution in [0.5, 0.6) is 0 Å². The number of fused-ring (bicyclic) bond motifs is 1. The van der Waals surface area contributed by atoms with Gasteiger partial charge in [0.25, 0.3) is 0 Å². The number of carbonyl (C=O) groups excluding carboxylic acids is 1. The first-order valence-electron chi connectivity index (χ1n) is 9.31. The van der Waals surface area contributed by atoms with Gasteiger partial charge in [0.1, 0.15) is 0 Å². The van der Waals surface area contributed by atoms with Crippen molar-refractivity contribution in [1.82, 2.24) is 14.8 Å². The second kappa shape index (κ2) is 7.19. The number of aromatic nitrogens is 1. The third-order valence-electron chi connectivity index (χ3n) is 5.83. The van der Waals surface area contributed by atoms with Crippen molar-refractivity contribution in [3.8, 4) is 0 Å². The lowest BCUT2D eigenvalue weighted by Crippen LogP contribution is -2.50. The molecule has 0 spiro atoms. The summed E-state index contributed by atoms with van der Waals surface area (Å²) in [5, 5.41) is 0. The van der Waals surface area contributed by atoms with Crippen molar-refractivity contribution in [3.63, 3.8) is 0 Å². The first kappa shape index (κ1) is 16.0. The highest BCUT2D eigenvalue weighted by Crippen LogP contribution is 2.31. The van der Waals surface area contributed by atoms with E-state index in [1.807, 2.05) is 17.0 Å². The van der Waals surface area contributed by atoms with Crippen LogP contribution >= 0.6 is 0 Å². The van der Waals surface area contributed by atoms with Crippen molar-refractivity contribution in [3.05, 3.63) is 30.1 Å². The number of likely N-dealkylation sites (tertiary alicyclic amines) is 1. The highest BCUT2D eigenvalue weighted by molar-refractivity contribution is 5.80. The first-order chi connectivity index (χ1) is 11.8. The normalized spacial score (nSPS) is 29.0. The van der Waals surface area contributed by atoms with Crippen LogP contribution in [0.1, 0.15) is 31.2 Å². The molecule has 1 saturated carbocycles. The summed E-state index contributed by atoms with van der Waals surface area (Å²) in [5.41, 5.74) is 1.14. The number of rotatable bonds is 4. The number of carbonyl (C=O) groups is 1. The Kier molecular flexibility index (Phi) is 4.81. The zero-order valence-corrected chi connectivity index (χ0v) is 14.3. The molecule has 1 aromatic heterocycles. The third-order valence-corrected chi connectivity index (χ3v) is 5.83. The second-order valence-corrected chi connectivity index (χ2v) is 7.48. The number of hydrogen-bond donors (Lipinski definition) is 0. The molecule has 4 rings (SSSR count). The van der Waals surface area contributed by atoms with E-state index in [0.717, 1.165) is 31.0 Å². The number of nitrogens with zero attached hydrogens (tertiary/aromatic N) is 3. The quantitative estimate of drug-likeness (QED) is 0.847. The van der Waals surface area contributed by atoms with Gasteiger partial charge in [-0.05, 0) is 49.4 Å². The zero-order valence-electron chi connectivity index (χ0n) is 14.3. The Morgan fingerprint density at radius 3 is 2.75 bits per heavy atom. The maximum absolute atomic E-state index is 13.0. The Labute approximate surface area is 144 Å². The molecule has 0 bridgehead atoms. The lowest BCUT2D eigenvalue weighted by Gasteiger charge is -2.40. The van der Waals surface area contributed by atoms with Gasteiger partial charge in [0.15, 0.2) is 0 Å². The average molecular weight is 329 g/mol. The molecule has 3 aliphatic rings. The van der Waals surface area contributed by atoms with Gasteiger partial charge in [-0.2, -0.15) is 0 Å². The molecule has 2 aliphatic heterocycles. The molecule has 0 N–H and O–H groups in total. The molecule has 2 saturated heterocycles. The Morgan fingerprint density at radius 2 is 2.00 bits per heavy atom. The van der Waals surface area contributed by atoms with Crippen LogP contribution in [0.4, 0.5) is 0 Å². The number of amides is 1. The number of ether oxygens (including phenoxy) is 1. The predicted octanol–water partition coefficient (Wildman–Crippen LogP) is 1.93. The van der Waals surface area contributed by atoms with Crippen molar-refractivity contribution in [2.24, 2.45) is 11.8 Å². The van der Waals surface area contributed by atoms with Gasteiger partial charge >= 0.3 is 0 Å². The van der Waals surface area contributed by atoms with Crippen molar-refractivity contribution in [2.45, 2.75) is 38.3 Å². The summed E-state index contributed by atoms with van der Waals surface area (Å²) >= 11 is 0. The van der Waals surface area contributed by atoms with Gasteiger partial charge in [-0.15, -0.1) is 0 Å². The summed E-state index contributed by atoms with van der Waals surface area (Å²) in [5.74, 6) is 1.19. The molecule has 1 aromatic rings. The predicted molar refractivity (Wildman–Crippen MR) is 91.3 cm³/mol. The molecule has 24 heavy (non-hydrogen) atoms. The van der Waals surface area contributed by atoms with E-state index in [1.54, 1.807) is 12.4 Å². The van der Waals surface area contributed by atoms with Crippen LogP contribution < -0.4 is 0 Å². The van der Waals surface area contributed by atoms with E-state index in [2.05, 4.69) is 9.88 Å². The van der Waals surface area contributed by atoms with Gasteiger partial charge in [-0.3, -0.25) is 9.78 Å². The standard InChI is InChI=1S/C19H27N3O2/c23-19-17-6-9-21(12-15-2-1-3-15)14-18(17)24-11-10-22(19)13-16-4-7-20-8-5-16/h4-5,7-8,15,17-18H,1-3,6,9-14H2/t17-,18+/m1/s1. The van der Waals surface area contributed by atoms with Gasteiger partial charge < -0.3 is 14.5 Å². The molecule has 0 radical (unpaired) electrons. The summed E-state index contributed by atoms with van der Waals surface area (Å²) in [7, 11) is 0. The summed E-state index contributed by atoms with van der Waals surface area (Å²) in [6.07, 6.45) is 8.74. The molecular formula is C19H27N3O2. The van der Waals surface area contributed by atoms with E-state index < -0.39 is 0 Å². The van der Waals surface area contributed by atoms with Crippen LogP contribution in [0, 0.1) is 11.8 Å². The van der Waals surface area contributed by atoms with E-state index in [9.17, 15) is 4.79 Å². The smallest absolute Gasteiger partial charge is 0.228 e. The molecule has 3 heterocycles. The second-order valence-electron chi connectivity index (χ2n) is 7.48. The lowest BCUT2D eigenvalue weighted by molar-refractivity contribution is -0.139. The molecule has 5 heteroatoms. The van der Waals surface area contributed by atoms with Gasteiger partial charge in [0, 0.05) is 38.6 Å². The molecule has 5 nitrogen and oxygen atoms in total. The fourth-order valence-corrected chi connectivity index (χ4v) is 4.16. The third kappa shape index (κ3) is 3.47. The minimum absolute atomic E-state index is 0.0342. The summed E-state index contributed by atoms with van der Waals surface area (Å²) in [6, 6.07) is 3.97. The Bertz CT molecular complexity index is 561. The maximum atomic E-state index is 13.0. The SMILES string of the molecule is O=C1[C@@H]2CCN(CC3CCC3)C[C@@H]2OCCN1Cc1ccncc1. The Morgan fingerprint density at radius 1 is 1.17 bits per heavy atom. The van der Waals surface area contributed by atoms with Gasteiger partial charge in [0.05, 0.1) is 18.6 Å². The maximum Gasteiger partial charge on any atom is 0.228 e. The minimum Gasteiger partial charge on any atom is -0.374 e. The van der Waals surface area contributed by atoms with Crippen molar-refractivity contribution >= 4 is 5.91 Å². The fraction of sp³-hybridized carbons (Fsp3) is 0.684. The van der Waals surface area contributed by atoms with Gasteiger partial charge in [0.2, 0.25) is 5.91 Å². The van der Waals surface area contributed by atoms with Crippen molar-refractivity contribution < 1.29 is 9.53 Å². The largest absolute Gasteiger partial charge is 0.374 e. The van der Waals surface area contributed by atoms with Crippen LogP contribution in [-0.4, -0.2) is 59.6 Å². The van der Waals surface area contributed by atoms with E-state index >= 15 is 0 Å². The molecule has 2 atom stereocenters. The van der Waals surface area contributed by atoms with Gasteiger partial charge in [-0.1, -0.05) is 6.42 Å². The average Bonchev–Trinajstić information content (AvgIpc) is 2.72. The molecule has 0 aromatic carbocycles. The van der Waals surface area contributed by atoms with Crippen LogP contribution in [0.15, 0.2) is 24.5 Å².